The van der Waals surface area contributed by atoms with Crippen LogP contribution in [0.2, 0.25) is 0 Å². The van der Waals surface area contributed by atoms with Gasteiger partial charge in [-0.1, -0.05) is 18.2 Å². The van der Waals surface area contributed by atoms with Gasteiger partial charge in [0, 0.05) is 19.6 Å². The maximum atomic E-state index is 11.4. The van der Waals surface area contributed by atoms with Gasteiger partial charge in [-0.05, 0) is 25.0 Å². The molecule has 110 valence electrons. The maximum Gasteiger partial charge on any atom is 0.314 e. The molecule has 0 atom stereocenters. The van der Waals surface area contributed by atoms with Crippen molar-refractivity contribution in [2.75, 3.05) is 26.2 Å². The van der Waals surface area contributed by atoms with Gasteiger partial charge in [-0.15, -0.1) is 0 Å². The number of ether oxygens (including phenoxy) is 1. The van der Waals surface area contributed by atoms with E-state index in [0.29, 0.717) is 39.1 Å². The van der Waals surface area contributed by atoms with Gasteiger partial charge < -0.3 is 20.7 Å². The molecule has 0 aliphatic carbocycles. The summed E-state index contributed by atoms with van der Waals surface area (Å²) in [6, 6.07) is 9.36. The molecule has 1 aromatic carbocycles. The predicted molar refractivity (Wildman–Crippen MR) is 76.6 cm³/mol. The zero-order valence-electron chi connectivity index (χ0n) is 11.4. The summed E-state index contributed by atoms with van der Waals surface area (Å²) in [6.07, 6.45) is 2.10. The minimum absolute atomic E-state index is 0.198. The molecular weight excluding hydrogens is 258 g/mol. The standard InChI is InChI=1S/C14H21N3O3/c18-12-15-8-4-9-16-14(19)17-10-5-11-20-13-6-2-1-3-7-13/h1-3,6-7,12H,4-5,8-11H2,(H,15,18)(H2,16,17,19). The molecule has 3 N–H and O–H groups in total. The number of carbonyl (C=O) groups excluding carboxylic acids is 2. The van der Waals surface area contributed by atoms with E-state index >= 15 is 0 Å². The molecule has 0 spiro atoms. The third-order valence-electron chi connectivity index (χ3n) is 2.49. The fraction of sp³-hybridized carbons (Fsp3) is 0.429. The van der Waals surface area contributed by atoms with Crippen molar-refractivity contribution in [2.24, 2.45) is 0 Å². The Kier molecular flexibility index (Phi) is 8.43. The van der Waals surface area contributed by atoms with E-state index in [9.17, 15) is 9.59 Å². The van der Waals surface area contributed by atoms with Crippen LogP contribution in [0.4, 0.5) is 4.79 Å². The van der Waals surface area contributed by atoms with Crippen LogP contribution in [0.5, 0.6) is 5.75 Å². The molecule has 6 heteroatoms. The van der Waals surface area contributed by atoms with Gasteiger partial charge in [0.05, 0.1) is 6.61 Å². The largest absolute Gasteiger partial charge is 0.494 e. The predicted octanol–water partition coefficient (Wildman–Crippen LogP) is 0.891. The van der Waals surface area contributed by atoms with Crippen LogP contribution in [0.15, 0.2) is 30.3 Å². The number of benzene rings is 1. The summed E-state index contributed by atoms with van der Waals surface area (Å²) in [7, 11) is 0. The molecule has 0 radical (unpaired) electrons. The molecule has 1 rings (SSSR count). The van der Waals surface area contributed by atoms with Gasteiger partial charge >= 0.3 is 6.03 Å². The van der Waals surface area contributed by atoms with Crippen molar-refractivity contribution in [3.8, 4) is 5.75 Å². The molecule has 0 bridgehead atoms. The molecule has 0 heterocycles. The Bertz CT molecular complexity index is 385. The quantitative estimate of drug-likeness (QED) is 0.439. The Morgan fingerprint density at radius 2 is 1.75 bits per heavy atom. The Hall–Kier alpha value is -2.24. The Morgan fingerprint density at radius 3 is 2.45 bits per heavy atom. The summed E-state index contributed by atoms with van der Waals surface area (Å²) in [5, 5.41) is 7.97. The van der Waals surface area contributed by atoms with Gasteiger partial charge in [0.2, 0.25) is 6.41 Å². The minimum atomic E-state index is -0.198. The molecule has 0 aliphatic heterocycles. The topological polar surface area (TPSA) is 79.5 Å². The van der Waals surface area contributed by atoms with Crippen LogP contribution in [0.3, 0.4) is 0 Å². The van der Waals surface area contributed by atoms with E-state index < -0.39 is 0 Å². The molecule has 0 aromatic heterocycles. The van der Waals surface area contributed by atoms with E-state index in [0.717, 1.165) is 12.2 Å². The van der Waals surface area contributed by atoms with Crippen LogP contribution in [-0.2, 0) is 4.79 Å². The summed E-state index contributed by atoms with van der Waals surface area (Å²) < 4.78 is 5.50. The van der Waals surface area contributed by atoms with Crippen molar-refractivity contribution >= 4 is 12.4 Å². The summed E-state index contributed by atoms with van der Waals surface area (Å²) in [5.41, 5.74) is 0. The molecule has 6 nitrogen and oxygen atoms in total. The van der Waals surface area contributed by atoms with Crippen LogP contribution in [0.25, 0.3) is 0 Å². The molecule has 3 amide bonds. The van der Waals surface area contributed by atoms with Gasteiger partial charge in [0.15, 0.2) is 0 Å². The van der Waals surface area contributed by atoms with Gasteiger partial charge in [0.25, 0.3) is 0 Å². The lowest BCUT2D eigenvalue weighted by Gasteiger charge is -2.08. The zero-order valence-corrected chi connectivity index (χ0v) is 11.4. The lowest BCUT2D eigenvalue weighted by Crippen LogP contribution is -2.37. The third-order valence-corrected chi connectivity index (χ3v) is 2.49. The first-order chi connectivity index (χ1) is 9.83. The van der Waals surface area contributed by atoms with Crippen LogP contribution in [0, 0.1) is 0 Å². The Balaban J connectivity index is 1.93. The van der Waals surface area contributed by atoms with E-state index in [4.69, 9.17) is 4.74 Å². The van der Waals surface area contributed by atoms with Crippen molar-refractivity contribution in [1.29, 1.82) is 0 Å². The fourth-order valence-electron chi connectivity index (χ4n) is 1.49. The van der Waals surface area contributed by atoms with Gasteiger partial charge in [0.1, 0.15) is 5.75 Å². The lowest BCUT2D eigenvalue weighted by atomic mass is 10.3. The molecular formula is C14H21N3O3. The monoisotopic (exact) mass is 279 g/mol. The minimum Gasteiger partial charge on any atom is -0.494 e. The normalized spacial score (nSPS) is 9.60. The van der Waals surface area contributed by atoms with Crippen LogP contribution in [-0.4, -0.2) is 38.7 Å². The summed E-state index contributed by atoms with van der Waals surface area (Å²) in [4.78, 5) is 21.3. The number of urea groups is 1. The summed E-state index contributed by atoms with van der Waals surface area (Å²) >= 11 is 0. The number of hydrogen-bond acceptors (Lipinski definition) is 3. The molecule has 0 saturated carbocycles. The molecule has 0 fully saturated rings. The van der Waals surface area contributed by atoms with Gasteiger partial charge in [-0.25, -0.2) is 4.79 Å². The first kappa shape index (κ1) is 15.8. The SMILES string of the molecule is O=CNCCCNC(=O)NCCCOc1ccccc1. The lowest BCUT2D eigenvalue weighted by molar-refractivity contribution is -0.109. The highest BCUT2D eigenvalue weighted by Gasteiger charge is 1.98. The summed E-state index contributed by atoms with van der Waals surface area (Å²) in [6.45, 7) is 2.22. The number of amides is 3. The van der Waals surface area contributed by atoms with Crippen molar-refractivity contribution in [3.05, 3.63) is 30.3 Å². The first-order valence-electron chi connectivity index (χ1n) is 6.69. The fourth-order valence-corrected chi connectivity index (χ4v) is 1.49. The third kappa shape index (κ3) is 7.97. The van der Waals surface area contributed by atoms with Crippen molar-refractivity contribution in [3.63, 3.8) is 0 Å². The van der Waals surface area contributed by atoms with Crippen LogP contribution >= 0.6 is 0 Å². The number of carbonyl (C=O) groups is 2. The van der Waals surface area contributed by atoms with E-state index in [-0.39, 0.29) is 6.03 Å². The molecule has 20 heavy (non-hydrogen) atoms. The average molecular weight is 279 g/mol. The Labute approximate surface area is 118 Å². The second-order valence-electron chi connectivity index (χ2n) is 4.12. The van der Waals surface area contributed by atoms with E-state index in [1.807, 2.05) is 30.3 Å². The molecule has 0 saturated heterocycles. The molecule has 0 unspecified atom stereocenters. The highest BCUT2D eigenvalue weighted by Crippen LogP contribution is 2.07. The number of nitrogens with one attached hydrogen (secondary N) is 3. The number of rotatable bonds is 10. The second kappa shape index (κ2) is 10.7. The smallest absolute Gasteiger partial charge is 0.314 e. The average Bonchev–Trinajstić information content (AvgIpc) is 2.48. The van der Waals surface area contributed by atoms with Crippen LogP contribution < -0.4 is 20.7 Å². The first-order valence-corrected chi connectivity index (χ1v) is 6.69. The highest BCUT2D eigenvalue weighted by atomic mass is 16.5. The second-order valence-corrected chi connectivity index (χ2v) is 4.12. The molecule has 0 aliphatic rings. The Morgan fingerprint density at radius 1 is 1.05 bits per heavy atom. The van der Waals surface area contributed by atoms with Crippen molar-refractivity contribution in [2.45, 2.75) is 12.8 Å². The van der Waals surface area contributed by atoms with Crippen LogP contribution in [0.1, 0.15) is 12.8 Å². The van der Waals surface area contributed by atoms with E-state index in [1.54, 1.807) is 0 Å². The number of para-hydroxylation sites is 1. The van der Waals surface area contributed by atoms with Gasteiger partial charge in [-0.3, -0.25) is 4.79 Å². The summed E-state index contributed by atoms with van der Waals surface area (Å²) in [5.74, 6) is 0.833. The van der Waals surface area contributed by atoms with E-state index in [2.05, 4.69) is 16.0 Å². The highest BCUT2D eigenvalue weighted by molar-refractivity contribution is 5.73. The zero-order chi connectivity index (χ0) is 14.5. The number of hydrogen-bond donors (Lipinski definition) is 3. The maximum absolute atomic E-state index is 11.4. The molecule has 1 aromatic rings. The van der Waals surface area contributed by atoms with Crippen molar-refractivity contribution < 1.29 is 14.3 Å². The van der Waals surface area contributed by atoms with E-state index in [1.165, 1.54) is 0 Å². The van der Waals surface area contributed by atoms with Crippen molar-refractivity contribution in [1.82, 2.24) is 16.0 Å². The van der Waals surface area contributed by atoms with Gasteiger partial charge in [-0.2, -0.15) is 0 Å².